The van der Waals surface area contributed by atoms with E-state index in [1.165, 1.54) is 0 Å². The van der Waals surface area contributed by atoms with Gasteiger partial charge in [0.25, 0.3) is 11.4 Å². The molecule has 0 aliphatic rings. The zero-order valence-corrected chi connectivity index (χ0v) is 12.5. The Morgan fingerprint density at radius 2 is 0.923 bits per heavy atom. The molecule has 0 unspecified atom stereocenters. The zero-order valence-electron chi connectivity index (χ0n) is 12.5. The molecule has 0 fully saturated rings. The fraction of sp³-hybridized carbons (Fsp3) is 0. The fourth-order valence-corrected chi connectivity index (χ4v) is 1.92. The summed E-state index contributed by atoms with van der Waals surface area (Å²) < 4.78 is 0. The Morgan fingerprint density at radius 1 is 0.577 bits per heavy atom. The van der Waals surface area contributed by atoms with Gasteiger partial charge in [-0.15, -0.1) is 0 Å². The zero-order chi connectivity index (χ0) is 19.4. The maximum absolute atomic E-state index is 11.0. The molecular weight excluding hydrogens is 356 g/mol. The van der Waals surface area contributed by atoms with Crippen LogP contribution in [0.5, 0.6) is 0 Å². The Bertz CT molecular complexity index is 854. The number of hydrogen-bond acceptors (Lipinski definition) is 10. The number of hydrogen-bond donors (Lipinski definition) is 2. The lowest BCUT2D eigenvalue weighted by Crippen LogP contribution is -2.12. The summed E-state index contributed by atoms with van der Waals surface area (Å²) in [5.41, 5.74) is 1.96. The molecule has 134 valence electrons. The fourth-order valence-electron chi connectivity index (χ4n) is 1.92. The lowest BCUT2D eigenvalue weighted by molar-refractivity contribution is -0.394. The molecule has 0 spiro atoms. The topological polar surface area (TPSA) is 197 Å². The van der Waals surface area contributed by atoms with Crippen LogP contribution >= 0.6 is 0 Å². The standard InChI is InChI=1S/C12H8N6O8/c19-15(20)7-1-3-9(11(5-7)17(23)24)13-14-10-4-2-8(16(21)22)6-12(10)18(25)26/h1-6,13-14H. The monoisotopic (exact) mass is 364 g/mol. The van der Waals surface area contributed by atoms with Crippen LogP contribution in [0, 0.1) is 40.5 Å². The summed E-state index contributed by atoms with van der Waals surface area (Å²) in [6.45, 7) is 0. The van der Waals surface area contributed by atoms with Crippen LogP contribution in [0.3, 0.4) is 0 Å². The largest absolute Gasteiger partial charge is 0.300 e. The van der Waals surface area contributed by atoms with Crippen molar-refractivity contribution < 1.29 is 19.7 Å². The van der Waals surface area contributed by atoms with Crippen molar-refractivity contribution >= 4 is 34.1 Å². The van der Waals surface area contributed by atoms with E-state index in [0.29, 0.717) is 12.1 Å². The molecule has 0 amide bonds. The summed E-state index contributed by atoms with van der Waals surface area (Å²) in [6.07, 6.45) is 0. The smallest absolute Gasteiger partial charge is 0.294 e. The highest BCUT2D eigenvalue weighted by molar-refractivity contribution is 5.71. The molecule has 0 saturated heterocycles. The number of nitrogens with zero attached hydrogens (tertiary/aromatic N) is 4. The van der Waals surface area contributed by atoms with E-state index in [0.717, 1.165) is 24.3 Å². The van der Waals surface area contributed by atoms with Crippen LogP contribution in [-0.2, 0) is 0 Å². The Morgan fingerprint density at radius 3 is 1.19 bits per heavy atom. The third kappa shape index (κ3) is 3.75. The van der Waals surface area contributed by atoms with E-state index in [9.17, 15) is 40.5 Å². The molecule has 2 aromatic carbocycles. The predicted molar refractivity (Wildman–Crippen MR) is 86.7 cm³/mol. The van der Waals surface area contributed by atoms with Crippen LogP contribution in [0.4, 0.5) is 34.1 Å². The predicted octanol–water partition coefficient (Wildman–Crippen LogP) is 2.76. The number of hydrazine groups is 1. The van der Waals surface area contributed by atoms with Crippen molar-refractivity contribution in [1.82, 2.24) is 0 Å². The average Bonchev–Trinajstić information content (AvgIpc) is 2.59. The number of non-ortho nitro benzene ring substituents is 2. The van der Waals surface area contributed by atoms with Gasteiger partial charge in [0.1, 0.15) is 11.4 Å². The maximum atomic E-state index is 11.0. The first kappa shape index (κ1) is 18.0. The molecular formula is C12H8N6O8. The number of benzene rings is 2. The first-order valence-corrected chi connectivity index (χ1v) is 6.58. The molecule has 2 N–H and O–H groups in total. The minimum Gasteiger partial charge on any atom is -0.294 e. The first-order chi connectivity index (χ1) is 12.2. The van der Waals surface area contributed by atoms with Gasteiger partial charge in [-0.05, 0) is 12.1 Å². The van der Waals surface area contributed by atoms with Gasteiger partial charge in [0.2, 0.25) is 0 Å². The van der Waals surface area contributed by atoms with E-state index in [1.807, 2.05) is 0 Å². The second-order valence-electron chi connectivity index (χ2n) is 4.68. The molecule has 0 bridgehead atoms. The Kier molecular flexibility index (Phi) is 4.87. The number of nitro groups is 4. The number of rotatable bonds is 7. The molecule has 0 saturated carbocycles. The third-order valence-electron chi connectivity index (χ3n) is 3.11. The number of nitro benzene ring substituents is 4. The van der Waals surface area contributed by atoms with Crippen molar-refractivity contribution in [2.24, 2.45) is 0 Å². The molecule has 14 heteroatoms. The Hall–Kier alpha value is -4.36. The lowest BCUT2D eigenvalue weighted by atomic mass is 10.2. The summed E-state index contributed by atoms with van der Waals surface area (Å²) >= 11 is 0. The van der Waals surface area contributed by atoms with E-state index in [4.69, 9.17) is 0 Å². The maximum Gasteiger partial charge on any atom is 0.300 e. The van der Waals surface area contributed by atoms with Crippen LogP contribution in [0.2, 0.25) is 0 Å². The summed E-state index contributed by atoms with van der Waals surface area (Å²) in [6, 6.07) is 5.52. The summed E-state index contributed by atoms with van der Waals surface area (Å²) in [5, 5.41) is 43.4. The van der Waals surface area contributed by atoms with Crippen LogP contribution in [-0.4, -0.2) is 19.7 Å². The molecule has 0 atom stereocenters. The van der Waals surface area contributed by atoms with Gasteiger partial charge in [0.15, 0.2) is 0 Å². The normalized spacial score (nSPS) is 10.0. The third-order valence-corrected chi connectivity index (χ3v) is 3.11. The van der Waals surface area contributed by atoms with Gasteiger partial charge in [-0.2, -0.15) is 0 Å². The van der Waals surface area contributed by atoms with Crippen molar-refractivity contribution in [1.29, 1.82) is 0 Å². The van der Waals surface area contributed by atoms with Gasteiger partial charge in [0, 0.05) is 12.1 Å². The molecule has 2 aromatic rings. The summed E-state index contributed by atoms with van der Waals surface area (Å²) in [5.74, 6) is 0. The molecule has 0 radical (unpaired) electrons. The van der Waals surface area contributed by atoms with Crippen molar-refractivity contribution in [2.45, 2.75) is 0 Å². The second kappa shape index (κ2) is 7.04. The van der Waals surface area contributed by atoms with Gasteiger partial charge in [-0.3, -0.25) is 51.3 Å². The number of nitrogens with one attached hydrogen (secondary N) is 2. The highest BCUT2D eigenvalue weighted by atomic mass is 16.6. The Labute approximate surface area is 142 Å². The van der Waals surface area contributed by atoms with Gasteiger partial charge in [-0.25, -0.2) is 0 Å². The van der Waals surface area contributed by atoms with Gasteiger partial charge >= 0.3 is 11.4 Å². The first-order valence-electron chi connectivity index (χ1n) is 6.58. The van der Waals surface area contributed by atoms with Gasteiger partial charge < -0.3 is 0 Å². The Balaban J connectivity index is 2.34. The lowest BCUT2D eigenvalue weighted by Gasteiger charge is -2.10. The van der Waals surface area contributed by atoms with Crippen molar-refractivity contribution in [2.75, 3.05) is 10.9 Å². The molecule has 26 heavy (non-hydrogen) atoms. The minimum atomic E-state index is -0.874. The van der Waals surface area contributed by atoms with E-state index < -0.39 is 42.4 Å². The molecule has 0 aromatic heterocycles. The van der Waals surface area contributed by atoms with Crippen molar-refractivity contribution in [3.05, 3.63) is 76.9 Å². The second-order valence-corrected chi connectivity index (χ2v) is 4.68. The van der Waals surface area contributed by atoms with Crippen LogP contribution in [0.1, 0.15) is 0 Å². The van der Waals surface area contributed by atoms with Crippen LogP contribution in [0.25, 0.3) is 0 Å². The summed E-state index contributed by atoms with van der Waals surface area (Å²) in [4.78, 5) is 40.1. The van der Waals surface area contributed by atoms with E-state index in [1.54, 1.807) is 0 Å². The molecule has 2 rings (SSSR count). The van der Waals surface area contributed by atoms with Gasteiger partial charge in [-0.1, -0.05) is 0 Å². The van der Waals surface area contributed by atoms with Crippen molar-refractivity contribution in [3.63, 3.8) is 0 Å². The van der Waals surface area contributed by atoms with E-state index >= 15 is 0 Å². The van der Waals surface area contributed by atoms with Gasteiger partial charge in [0.05, 0.1) is 31.8 Å². The van der Waals surface area contributed by atoms with E-state index in [2.05, 4.69) is 10.9 Å². The summed E-state index contributed by atoms with van der Waals surface area (Å²) in [7, 11) is 0. The molecule has 0 aliphatic carbocycles. The SMILES string of the molecule is O=[N+]([O-])c1ccc(NNc2ccc([N+](=O)[O-])cc2[N+](=O)[O-])c([N+](=O)[O-])c1. The quantitative estimate of drug-likeness (QED) is 0.544. The highest BCUT2D eigenvalue weighted by Gasteiger charge is 2.22. The molecule has 0 heterocycles. The average molecular weight is 364 g/mol. The van der Waals surface area contributed by atoms with E-state index in [-0.39, 0.29) is 11.4 Å². The van der Waals surface area contributed by atoms with Crippen LogP contribution < -0.4 is 10.9 Å². The number of anilines is 2. The minimum absolute atomic E-state index is 0.201. The molecule has 0 aliphatic heterocycles. The van der Waals surface area contributed by atoms with Crippen molar-refractivity contribution in [3.8, 4) is 0 Å². The molecule has 14 nitrogen and oxygen atoms in total. The van der Waals surface area contributed by atoms with Crippen LogP contribution in [0.15, 0.2) is 36.4 Å². The highest BCUT2D eigenvalue weighted by Crippen LogP contribution is 2.32.